The highest BCUT2D eigenvalue weighted by molar-refractivity contribution is 5.96. The van der Waals surface area contributed by atoms with Crippen LogP contribution in [0.5, 0.6) is 0 Å². The van der Waals surface area contributed by atoms with Crippen LogP contribution in [-0.2, 0) is 4.74 Å². The molecule has 0 N–H and O–H groups in total. The summed E-state index contributed by atoms with van der Waals surface area (Å²) >= 11 is 0. The molecule has 0 saturated heterocycles. The summed E-state index contributed by atoms with van der Waals surface area (Å²) in [5, 5.41) is 4.03. The Morgan fingerprint density at radius 2 is 2.00 bits per heavy atom. The molecule has 6 heteroatoms. The van der Waals surface area contributed by atoms with Crippen LogP contribution in [0.2, 0.25) is 0 Å². The number of aryl methyl sites for hydroxylation is 1. The summed E-state index contributed by atoms with van der Waals surface area (Å²) < 4.78 is 5.92. The van der Waals surface area contributed by atoms with Gasteiger partial charge in [-0.2, -0.15) is 9.78 Å². The van der Waals surface area contributed by atoms with E-state index in [9.17, 15) is 14.4 Å². The summed E-state index contributed by atoms with van der Waals surface area (Å²) in [6.45, 7) is 4.97. The van der Waals surface area contributed by atoms with Gasteiger partial charge < -0.3 is 4.74 Å². The van der Waals surface area contributed by atoms with Crippen LogP contribution in [0.3, 0.4) is 0 Å². The fraction of sp³-hybridized carbons (Fsp3) is 0.250. The Bertz CT molecular complexity index is 793. The maximum absolute atomic E-state index is 12.5. The first-order chi connectivity index (χ1) is 10.4. The Kier molecular flexibility index (Phi) is 4.50. The molecule has 0 aliphatic rings. The number of hydrogen-bond donors (Lipinski definition) is 0. The molecule has 0 amide bonds. The van der Waals surface area contributed by atoms with E-state index in [1.165, 1.54) is 13.0 Å². The fourth-order valence-electron chi connectivity index (χ4n) is 1.96. The van der Waals surface area contributed by atoms with Crippen LogP contribution in [0.4, 0.5) is 0 Å². The molecule has 114 valence electrons. The van der Waals surface area contributed by atoms with Crippen LogP contribution < -0.4 is 5.56 Å². The quantitative estimate of drug-likeness (QED) is 0.636. The lowest BCUT2D eigenvalue weighted by molar-refractivity contribution is 0.0523. The number of rotatable bonds is 4. The first-order valence-corrected chi connectivity index (χ1v) is 6.83. The van der Waals surface area contributed by atoms with Gasteiger partial charge in [0.25, 0.3) is 5.56 Å². The number of benzene rings is 1. The smallest absolute Gasteiger partial charge is 0.343 e. The normalized spacial score (nSPS) is 10.3. The molecule has 0 atom stereocenters. The number of carbonyl (C=O) groups is 2. The van der Waals surface area contributed by atoms with E-state index in [2.05, 4.69) is 5.10 Å². The van der Waals surface area contributed by atoms with E-state index in [0.717, 1.165) is 10.2 Å². The van der Waals surface area contributed by atoms with E-state index in [4.69, 9.17) is 4.74 Å². The molecule has 2 rings (SSSR count). The van der Waals surface area contributed by atoms with Crippen molar-refractivity contribution in [3.63, 3.8) is 0 Å². The van der Waals surface area contributed by atoms with Gasteiger partial charge in [0.2, 0.25) is 0 Å². The standard InChI is InChI=1S/C16H16N2O4/c1-4-22-16(21)13-9-14(11(3)19)17-18(15(13)20)12-7-5-6-10(2)8-12/h5-9H,4H2,1-3H3. The van der Waals surface area contributed by atoms with Crippen LogP contribution in [0.25, 0.3) is 5.69 Å². The maximum Gasteiger partial charge on any atom is 0.343 e. The zero-order valence-electron chi connectivity index (χ0n) is 12.6. The van der Waals surface area contributed by atoms with E-state index >= 15 is 0 Å². The third-order valence-corrected chi connectivity index (χ3v) is 3.01. The molecule has 1 aromatic heterocycles. The molecule has 2 aromatic rings. The van der Waals surface area contributed by atoms with Crippen molar-refractivity contribution in [1.82, 2.24) is 9.78 Å². The third-order valence-electron chi connectivity index (χ3n) is 3.01. The van der Waals surface area contributed by atoms with Crippen LogP contribution in [0, 0.1) is 6.92 Å². The van der Waals surface area contributed by atoms with E-state index < -0.39 is 11.5 Å². The Hall–Kier alpha value is -2.76. The minimum atomic E-state index is -0.765. The highest BCUT2D eigenvalue weighted by Gasteiger charge is 2.19. The molecule has 0 aliphatic carbocycles. The van der Waals surface area contributed by atoms with Crippen LogP contribution in [-0.4, -0.2) is 28.1 Å². The van der Waals surface area contributed by atoms with Gasteiger partial charge in [-0.05, 0) is 37.6 Å². The topological polar surface area (TPSA) is 78.3 Å². The van der Waals surface area contributed by atoms with E-state index in [0.29, 0.717) is 5.69 Å². The summed E-state index contributed by atoms with van der Waals surface area (Å²) in [6.07, 6.45) is 0. The molecule has 0 fully saturated rings. The third kappa shape index (κ3) is 3.11. The Morgan fingerprint density at radius 1 is 1.27 bits per heavy atom. The molecule has 0 saturated carbocycles. The number of esters is 1. The van der Waals surface area contributed by atoms with Gasteiger partial charge in [-0.1, -0.05) is 12.1 Å². The zero-order chi connectivity index (χ0) is 16.3. The molecule has 0 unspecified atom stereocenters. The van der Waals surface area contributed by atoms with Crippen molar-refractivity contribution < 1.29 is 14.3 Å². The highest BCUT2D eigenvalue weighted by atomic mass is 16.5. The number of nitrogens with zero attached hydrogens (tertiary/aromatic N) is 2. The Labute approximate surface area is 127 Å². The van der Waals surface area contributed by atoms with Crippen molar-refractivity contribution in [3.8, 4) is 5.69 Å². The predicted molar refractivity (Wildman–Crippen MR) is 80.5 cm³/mol. The Balaban J connectivity index is 2.70. The first kappa shape index (κ1) is 15.6. The van der Waals surface area contributed by atoms with Crippen molar-refractivity contribution in [1.29, 1.82) is 0 Å². The minimum Gasteiger partial charge on any atom is -0.462 e. The van der Waals surface area contributed by atoms with Crippen molar-refractivity contribution in [2.45, 2.75) is 20.8 Å². The van der Waals surface area contributed by atoms with Gasteiger partial charge >= 0.3 is 5.97 Å². The molecule has 0 bridgehead atoms. The van der Waals surface area contributed by atoms with Gasteiger partial charge in [0.15, 0.2) is 5.78 Å². The average Bonchev–Trinajstić information content (AvgIpc) is 2.47. The molecule has 0 aliphatic heterocycles. The summed E-state index contributed by atoms with van der Waals surface area (Å²) in [6, 6.07) is 8.24. The van der Waals surface area contributed by atoms with Gasteiger partial charge in [0.1, 0.15) is 11.3 Å². The number of aromatic nitrogens is 2. The predicted octanol–water partition coefficient (Wildman–Crippen LogP) is 1.92. The Morgan fingerprint density at radius 3 is 2.59 bits per heavy atom. The molecule has 1 aromatic carbocycles. The number of ketones is 1. The van der Waals surface area contributed by atoms with Crippen molar-refractivity contribution in [2.24, 2.45) is 0 Å². The van der Waals surface area contributed by atoms with Crippen LogP contribution >= 0.6 is 0 Å². The van der Waals surface area contributed by atoms with Gasteiger partial charge in [-0.15, -0.1) is 0 Å². The number of ether oxygens (including phenoxy) is 1. The zero-order valence-corrected chi connectivity index (χ0v) is 12.6. The number of carbonyl (C=O) groups excluding carboxylic acids is 2. The van der Waals surface area contributed by atoms with Gasteiger partial charge in [0, 0.05) is 6.92 Å². The largest absolute Gasteiger partial charge is 0.462 e. The van der Waals surface area contributed by atoms with Gasteiger partial charge in [0.05, 0.1) is 12.3 Å². The average molecular weight is 300 g/mol. The lowest BCUT2D eigenvalue weighted by atomic mass is 10.2. The van der Waals surface area contributed by atoms with Crippen molar-refractivity contribution in [2.75, 3.05) is 6.61 Å². The van der Waals surface area contributed by atoms with E-state index in [1.807, 2.05) is 13.0 Å². The molecule has 1 heterocycles. The maximum atomic E-state index is 12.5. The summed E-state index contributed by atoms with van der Waals surface area (Å²) in [5.41, 5.74) is 0.623. The second-order valence-corrected chi connectivity index (χ2v) is 4.78. The molecule has 6 nitrogen and oxygen atoms in total. The van der Waals surface area contributed by atoms with E-state index in [1.54, 1.807) is 25.1 Å². The molecular weight excluding hydrogens is 284 g/mol. The van der Waals surface area contributed by atoms with Crippen molar-refractivity contribution in [3.05, 3.63) is 57.5 Å². The monoisotopic (exact) mass is 300 g/mol. The number of hydrogen-bond acceptors (Lipinski definition) is 5. The van der Waals surface area contributed by atoms with Crippen molar-refractivity contribution >= 4 is 11.8 Å². The summed E-state index contributed by atoms with van der Waals surface area (Å²) in [5.74, 6) is -1.11. The fourth-order valence-corrected chi connectivity index (χ4v) is 1.96. The van der Waals surface area contributed by atoms with E-state index in [-0.39, 0.29) is 23.6 Å². The number of Topliss-reactive ketones (excluding diaryl/α,β-unsaturated/α-hetero) is 1. The molecule has 0 radical (unpaired) electrons. The lowest BCUT2D eigenvalue weighted by Gasteiger charge is -2.09. The van der Waals surface area contributed by atoms with Crippen LogP contribution in [0.1, 0.15) is 40.3 Å². The second kappa shape index (κ2) is 6.34. The highest BCUT2D eigenvalue weighted by Crippen LogP contribution is 2.09. The summed E-state index contributed by atoms with van der Waals surface area (Å²) in [7, 11) is 0. The molecular formula is C16H16N2O4. The van der Waals surface area contributed by atoms with Crippen LogP contribution in [0.15, 0.2) is 35.1 Å². The minimum absolute atomic E-state index is 0.0316. The van der Waals surface area contributed by atoms with Gasteiger partial charge in [-0.3, -0.25) is 9.59 Å². The SMILES string of the molecule is CCOC(=O)c1cc(C(C)=O)nn(-c2cccc(C)c2)c1=O. The second-order valence-electron chi connectivity index (χ2n) is 4.78. The van der Waals surface area contributed by atoms with Gasteiger partial charge in [-0.25, -0.2) is 4.79 Å². The molecule has 22 heavy (non-hydrogen) atoms. The first-order valence-electron chi connectivity index (χ1n) is 6.83. The summed E-state index contributed by atoms with van der Waals surface area (Å²) in [4.78, 5) is 36.0. The molecule has 0 spiro atoms. The lowest BCUT2D eigenvalue weighted by Crippen LogP contribution is -2.30.